The van der Waals surface area contributed by atoms with Crippen LogP contribution in [-0.2, 0) is 65.7 Å². The van der Waals surface area contributed by atoms with Gasteiger partial charge >= 0.3 is 0 Å². The van der Waals surface area contributed by atoms with E-state index < -0.39 is 139 Å². The summed E-state index contributed by atoms with van der Waals surface area (Å²) in [4.78, 5) is 148. The predicted octanol–water partition coefficient (Wildman–Crippen LogP) is -1.92. The lowest BCUT2D eigenvalue weighted by molar-refractivity contribution is -0.141. The highest BCUT2D eigenvalue weighted by Gasteiger charge is 2.36. The Kier molecular flexibility index (Phi) is 24.2. The van der Waals surface area contributed by atoms with Gasteiger partial charge in [0.15, 0.2) is 0 Å². The van der Waals surface area contributed by atoms with Gasteiger partial charge in [0.2, 0.25) is 65.0 Å². The zero-order valence-electron chi connectivity index (χ0n) is 40.0. The summed E-state index contributed by atoms with van der Waals surface area (Å²) in [6.45, 7) is 5.49. The van der Waals surface area contributed by atoms with E-state index in [-0.39, 0.29) is 54.7 Å². The number of phenols is 1. The number of benzene rings is 1. The number of nitrogens with two attached hydrogens (primary N) is 3. The molecular formula is C45H65N11O13S2. The molecule has 0 bridgehead atoms. The Morgan fingerprint density at radius 2 is 1.48 bits per heavy atom. The number of carbonyl (C=O) groups is 11. The quantitative estimate of drug-likeness (QED) is 0.0645. The second kappa shape index (κ2) is 29.4. The first kappa shape index (κ1) is 58.5. The number of rotatable bonds is 20. The Bertz CT molecular complexity index is 2200. The van der Waals surface area contributed by atoms with Crippen molar-refractivity contribution in [3.05, 3.63) is 54.0 Å². The number of furan rings is 1. The molecule has 71 heavy (non-hydrogen) atoms. The van der Waals surface area contributed by atoms with Gasteiger partial charge in [-0.3, -0.25) is 52.7 Å². The molecule has 3 rings (SSSR count). The van der Waals surface area contributed by atoms with E-state index >= 15 is 0 Å². The van der Waals surface area contributed by atoms with Gasteiger partial charge in [0.05, 0.1) is 25.8 Å². The van der Waals surface area contributed by atoms with Crippen molar-refractivity contribution in [1.29, 1.82) is 0 Å². The molecule has 7 atom stereocenters. The predicted molar refractivity (Wildman–Crippen MR) is 260 cm³/mol. The van der Waals surface area contributed by atoms with Crippen LogP contribution in [0.15, 0.2) is 47.1 Å². The Morgan fingerprint density at radius 1 is 0.817 bits per heavy atom. The van der Waals surface area contributed by atoms with Gasteiger partial charge in [0.25, 0.3) is 0 Å². The van der Waals surface area contributed by atoms with Crippen molar-refractivity contribution in [1.82, 2.24) is 42.1 Å². The molecule has 0 radical (unpaired) electrons. The van der Waals surface area contributed by atoms with Crippen LogP contribution < -0.4 is 54.4 Å². The van der Waals surface area contributed by atoms with Crippen molar-refractivity contribution in [2.75, 3.05) is 24.6 Å². The second-order valence-electron chi connectivity index (χ2n) is 17.3. The monoisotopic (exact) mass is 1030 g/mol. The Balaban J connectivity index is 2.08. The van der Waals surface area contributed by atoms with E-state index in [4.69, 9.17) is 21.6 Å². The summed E-state index contributed by atoms with van der Waals surface area (Å²) < 4.78 is 5.48. The second-order valence-corrected chi connectivity index (χ2v) is 19.9. The van der Waals surface area contributed by atoms with Crippen LogP contribution in [0.25, 0.3) is 0 Å². The minimum absolute atomic E-state index is 0.0348. The van der Waals surface area contributed by atoms with Crippen LogP contribution in [0.1, 0.15) is 77.5 Å². The molecule has 0 unspecified atom stereocenters. The molecule has 0 saturated carbocycles. The van der Waals surface area contributed by atoms with Crippen LogP contribution in [0.5, 0.6) is 5.75 Å². The van der Waals surface area contributed by atoms with Crippen molar-refractivity contribution < 1.29 is 62.3 Å². The molecule has 14 N–H and O–H groups in total. The summed E-state index contributed by atoms with van der Waals surface area (Å²) in [5.74, 6) is -10.1. The number of hydrogen-bond donors (Lipinski definition) is 11. The molecule has 11 amide bonds. The molecule has 390 valence electrons. The van der Waals surface area contributed by atoms with Gasteiger partial charge in [-0.05, 0) is 54.5 Å². The zero-order valence-corrected chi connectivity index (χ0v) is 41.6. The molecule has 0 aliphatic carbocycles. The first-order chi connectivity index (χ1) is 33.6. The van der Waals surface area contributed by atoms with Crippen LogP contribution >= 0.6 is 21.6 Å². The SMILES string of the molecule is CC[C@H](C)[C@@H]1NC(=O)[C@H](Cc2ccc(O)cc2)NC(=O)CCSSC[C@@H](C(=O)N(CC(=O)N[C@@H](CC(C)C)C(=O)NCC(N)=O)Cc2ccco2)NC(=O)[C@H](CC(N)=O)NC(=O)[C@H](CCC(N)=O)NC1=O. The number of carbonyl (C=O) groups excluding carboxylic acids is 11. The highest BCUT2D eigenvalue weighted by Crippen LogP contribution is 2.24. The van der Waals surface area contributed by atoms with E-state index in [1.165, 1.54) is 30.5 Å². The van der Waals surface area contributed by atoms with Gasteiger partial charge in [-0.1, -0.05) is 67.8 Å². The molecule has 1 saturated heterocycles. The van der Waals surface area contributed by atoms with Gasteiger partial charge in [-0.25, -0.2) is 0 Å². The van der Waals surface area contributed by atoms with Gasteiger partial charge in [0.1, 0.15) is 54.3 Å². The summed E-state index contributed by atoms with van der Waals surface area (Å²) in [5, 5.41) is 27.7. The molecule has 0 spiro atoms. The number of hydrogen-bond acceptors (Lipinski definition) is 15. The molecule has 1 aromatic carbocycles. The summed E-state index contributed by atoms with van der Waals surface area (Å²) >= 11 is 0. The van der Waals surface area contributed by atoms with Gasteiger partial charge < -0.3 is 68.8 Å². The number of primary amides is 3. The van der Waals surface area contributed by atoms with Crippen molar-refractivity contribution >= 4 is 86.6 Å². The molecule has 2 heterocycles. The van der Waals surface area contributed by atoms with Crippen LogP contribution in [0.3, 0.4) is 0 Å². The lowest BCUT2D eigenvalue weighted by Gasteiger charge is -2.30. The van der Waals surface area contributed by atoms with Crippen LogP contribution in [-0.4, -0.2) is 136 Å². The van der Waals surface area contributed by atoms with Crippen LogP contribution in [0.2, 0.25) is 0 Å². The van der Waals surface area contributed by atoms with Gasteiger partial charge in [0, 0.05) is 30.8 Å². The van der Waals surface area contributed by atoms with E-state index in [0.29, 0.717) is 12.0 Å². The van der Waals surface area contributed by atoms with Crippen molar-refractivity contribution in [3.8, 4) is 5.75 Å². The Hall–Kier alpha value is -6.83. The number of nitrogens with one attached hydrogen (secondary N) is 7. The highest BCUT2D eigenvalue weighted by atomic mass is 33.1. The summed E-state index contributed by atoms with van der Waals surface area (Å²) in [7, 11) is 2.15. The third kappa shape index (κ3) is 21.0. The summed E-state index contributed by atoms with van der Waals surface area (Å²) in [6.07, 6.45) is -0.0517. The van der Waals surface area contributed by atoms with E-state index in [2.05, 4.69) is 37.2 Å². The average Bonchev–Trinajstić information content (AvgIpc) is 3.82. The van der Waals surface area contributed by atoms with E-state index in [0.717, 1.165) is 26.5 Å². The van der Waals surface area contributed by atoms with Crippen molar-refractivity contribution in [2.45, 2.75) is 115 Å². The molecular weight excluding hydrogens is 967 g/mol. The maximum atomic E-state index is 14.7. The average molecular weight is 1030 g/mol. The third-order valence-electron chi connectivity index (χ3n) is 10.9. The third-order valence-corrected chi connectivity index (χ3v) is 13.3. The Labute approximate surface area is 418 Å². The zero-order chi connectivity index (χ0) is 52.8. The minimum atomic E-state index is -1.78. The molecule has 1 aliphatic heterocycles. The lowest BCUT2D eigenvalue weighted by atomic mass is 9.96. The molecule has 24 nitrogen and oxygen atoms in total. The maximum Gasteiger partial charge on any atom is 0.246 e. The number of phenolic OH excluding ortho intramolecular Hbond substituents is 1. The van der Waals surface area contributed by atoms with Crippen LogP contribution in [0.4, 0.5) is 0 Å². The minimum Gasteiger partial charge on any atom is -0.508 e. The first-order valence-electron chi connectivity index (χ1n) is 22.8. The molecule has 1 aliphatic rings. The van der Waals surface area contributed by atoms with Crippen molar-refractivity contribution in [2.24, 2.45) is 29.0 Å². The molecule has 1 fully saturated rings. The number of nitrogens with zero attached hydrogens (tertiary/aromatic N) is 1. The number of amides is 11. The summed E-state index contributed by atoms with van der Waals surface area (Å²) in [6, 6.07) is 0.380. The maximum absolute atomic E-state index is 14.7. The van der Waals surface area contributed by atoms with E-state index in [9.17, 15) is 57.8 Å². The molecule has 1 aromatic heterocycles. The number of aromatic hydroxyl groups is 1. The standard InChI is InChI=1S/C45H65N11O13S2/c1-5-25(4)39-44(67)52-29(12-13-34(46)58)41(64)53-32(19-35(47)59)42(65)54-33(23-71-70-16-14-37(61)50-31(43(66)55-39)18-26-8-10-27(57)11-9-26)45(68)56(21-28-7-6-15-69-28)22-38(62)51-30(17-24(2)3)40(63)49-20-36(48)60/h6-11,15,24-25,29-33,39,57H,5,12-14,16-23H2,1-4H3,(H2,46,58)(H2,47,59)(H2,48,60)(H,49,63)(H,50,61)(H,51,62)(H,52,67)(H,53,64)(H,54,65)(H,55,66)/t25-,29-,30-,31-,32-,33-,39-/m0/s1. The lowest BCUT2D eigenvalue weighted by Crippen LogP contribution is -2.61. The normalized spacial score (nSPS) is 20.6. The Morgan fingerprint density at radius 3 is 2.08 bits per heavy atom. The fraction of sp³-hybridized carbons (Fsp3) is 0.533. The largest absolute Gasteiger partial charge is 0.508 e. The highest BCUT2D eigenvalue weighted by molar-refractivity contribution is 8.76. The first-order valence-corrected chi connectivity index (χ1v) is 25.3. The molecule has 26 heteroatoms. The topological polar surface area (TPSA) is 387 Å². The fourth-order valence-corrected chi connectivity index (χ4v) is 9.14. The summed E-state index contributed by atoms with van der Waals surface area (Å²) in [5.41, 5.74) is 16.7. The van der Waals surface area contributed by atoms with E-state index in [1.54, 1.807) is 39.8 Å². The smallest absolute Gasteiger partial charge is 0.246 e. The van der Waals surface area contributed by atoms with Crippen LogP contribution in [0, 0.1) is 11.8 Å². The van der Waals surface area contributed by atoms with Gasteiger partial charge in [-0.15, -0.1) is 0 Å². The van der Waals surface area contributed by atoms with Gasteiger partial charge in [-0.2, -0.15) is 0 Å². The van der Waals surface area contributed by atoms with Crippen molar-refractivity contribution in [3.63, 3.8) is 0 Å². The molecule has 2 aromatic rings. The fourth-order valence-electron chi connectivity index (χ4n) is 6.99. The van der Waals surface area contributed by atoms with E-state index in [1.807, 2.05) is 0 Å².